The predicted octanol–water partition coefficient (Wildman–Crippen LogP) is 2.78. The van der Waals surface area contributed by atoms with E-state index < -0.39 is 22.5 Å². The second-order valence-electron chi connectivity index (χ2n) is 4.11. The van der Waals surface area contributed by atoms with Gasteiger partial charge in [0.25, 0.3) is 0 Å². The number of fused-ring (bicyclic) bond motifs is 3. The molecule has 19 heavy (non-hydrogen) atoms. The van der Waals surface area contributed by atoms with E-state index in [1.165, 1.54) is 0 Å². The Morgan fingerprint density at radius 2 is 1.84 bits per heavy atom. The first kappa shape index (κ1) is 11.9. The number of benzene rings is 2. The first-order valence-corrected chi connectivity index (χ1v) is 6.99. The fraction of sp³-hybridized carbons (Fsp3) is 0.0714. The van der Waals surface area contributed by atoms with Crippen molar-refractivity contribution in [2.45, 2.75) is 4.90 Å². The molecule has 0 aliphatic heterocycles. The molecule has 0 spiro atoms. The van der Waals surface area contributed by atoms with Crippen molar-refractivity contribution in [1.82, 2.24) is 0 Å². The molecule has 0 saturated heterocycles. The summed E-state index contributed by atoms with van der Waals surface area (Å²) in [5.41, 5.74) is 1.21. The van der Waals surface area contributed by atoms with Gasteiger partial charge in [0.05, 0.1) is 15.7 Å². The number of carbonyl (C=O) groups is 1. The number of carboxylic acids is 1. The van der Waals surface area contributed by atoms with E-state index >= 15 is 0 Å². The Balaban J connectivity index is 2.26. The molecule has 0 saturated carbocycles. The maximum Gasteiger partial charge on any atom is 0.316 e. The molecule has 1 heterocycles. The van der Waals surface area contributed by atoms with Crippen molar-refractivity contribution in [3.8, 4) is 0 Å². The standard InChI is InChI=1S/C14H10O4S/c15-13(16)8-19(17)12-7-3-5-10-9-4-1-2-6-11(9)18-14(10)12/h1-7H,8H2,(H,15,16). The summed E-state index contributed by atoms with van der Waals surface area (Å²) in [5.74, 6) is -1.51. The molecule has 0 aliphatic carbocycles. The summed E-state index contributed by atoms with van der Waals surface area (Å²) < 4.78 is 17.7. The van der Waals surface area contributed by atoms with E-state index in [-0.39, 0.29) is 0 Å². The normalized spacial score (nSPS) is 12.8. The van der Waals surface area contributed by atoms with Gasteiger partial charge in [-0.3, -0.25) is 9.00 Å². The average molecular weight is 274 g/mol. The average Bonchev–Trinajstić information content (AvgIpc) is 2.76. The van der Waals surface area contributed by atoms with Crippen LogP contribution in [0.3, 0.4) is 0 Å². The number of para-hydroxylation sites is 2. The molecule has 0 bridgehead atoms. The van der Waals surface area contributed by atoms with Crippen LogP contribution in [0.1, 0.15) is 0 Å². The highest BCUT2D eigenvalue weighted by Gasteiger charge is 2.16. The molecular weight excluding hydrogens is 264 g/mol. The molecule has 0 fully saturated rings. The predicted molar refractivity (Wildman–Crippen MR) is 72.6 cm³/mol. The third kappa shape index (κ3) is 2.02. The zero-order chi connectivity index (χ0) is 13.4. The minimum absolute atomic E-state index is 0.420. The maximum atomic E-state index is 12.0. The van der Waals surface area contributed by atoms with Crippen LogP contribution in [0.2, 0.25) is 0 Å². The van der Waals surface area contributed by atoms with Crippen molar-refractivity contribution in [1.29, 1.82) is 0 Å². The minimum Gasteiger partial charge on any atom is -0.481 e. The van der Waals surface area contributed by atoms with Crippen LogP contribution in [0.5, 0.6) is 0 Å². The van der Waals surface area contributed by atoms with E-state index in [4.69, 9.17) is 9.52 Å². The lowest BCUT2D eigenvalue weighted by atomic mass is 10.1. The highest BCUT2D eigenvalue weighted by molar-refractivity contribution is 7.86. The van der Waals surface area contributed by atoms with Crippen LogP contribution < -0.4 is 0 Å². The molecule has 0 radical (unpaired) electrons. The van der Waals surface area contributed by atoms with Crippen LogP contribution in [0.15, 0.2) is 51.8 Å². The summed E-state index contributed by atoms with van der Waals surface area (Å²) in [7, 11) is -1.61. The van der Waals surface area contributed by atoms with Gasteiger partial charge in [0.2, 0.25) is 0 Å². The SMILES string of the molecule is O=C(O)CS(=O)c1cccc2c1oc1ccccc12. The van der Waals surface area contributed by atoms with Gasteiger partial charge in [-0.05, 0) is 12.1 Å². The van der Waals surface area contributed by atoms with E-state index in [1.54, 1.807) is 12.1 Å². The number of aliphatic carboxylic acids is 1. The largest absolute Gasteiger partial charge is 0.481 e. The Morgan fingerprint density at radius 3 is 2.63 bits per heavy atom. The number of carboxylic acid groups (broad SMARTS) is 1. The van der Waals surface area contributed by atoms with Gasteiger partial charge in [0, 0.05) is 10.8 Å². The summed E-state index contributed by atoms with van der Waals surface area (Å²) >= 11 is 0. The Bertz CT molecular complexity index is 803. The summed E-state index contributed by atoms with van der Waals surface area (Å²) in [5, 5.41) is 10.5. The zero-order valence-corrected chi connectivity index (χ0v) is 10.6. The van der Waals surface area contributed by atoms with Crippen molar-refractivity contribution in [2.75, 3.05) is 5.75 Å². The molecule has 0 amide bonds. The fourth-order valence-corrected chi connectivity index (χ4v) is 3.06. The second-order valence-corrected chi connectivity index (χ2v) is 5.53. The first-order valence-electron chi connectivity index (χ1n) is 5.67. The van der Waals surface area contributed by atoms with E-state index in [2.05, 4.69) is 0 Å². The van der Waals surface area contributed by atoms with Crippen molar-refractivity contribution >= 4 is 38.7 Å². The van der Waals surface area contributed by atoms with Crippen molar-refractivity contribution < 1.29 is 18.5 Å². The molecule has 3 aromatic rings. The van der Waals surface area contributed by atoms with Crippen LogP contribution in [-0.2, 0) is 15.6 Å². The van der Waals surface area contributed by atoms with Gasteiger partial charge in [-0.15, -0.1) is 0 Å². The lowest BCUT2D eigenvalue weighted by Gasteiger charge is -1.99. The third-order valence-corrected chi connectivity index (χ3v) is 4.19. The van der Waals surface area contributed by atoms with Crippen molar-refractivity contribution in [3.63, 3.8) is 0 Å². The molecule has 5 heteroatoms. The fourth-order valence-electron chi connectivity index (χ4n) is 2.09. The molecular formula is C14H10O4S. The molecule has 1 unspecified atom stereocenters. The van der Waals surface area contributed by atoms with Crippen LogP contribution in [0, 0.1) is 0 Å². The van der Waals surface area contributed by atoms with Crippen LogP contribution in [-0.4, -0.2) is 21.0 Å². The molecule has 1 aromatic heterocycles. The third-order valence-electron chi connectivity index (χ3n) is 2.87. The van der Waals surface area contributed by atoms with E-state index in [0.717, 1.165) is 10.8 Å². The summed E-state index contributed by atoms with van der Waals surface area (Å²) in [6, 6.07) is 12.8. The number of furan rings is 1. The molecule has 96 valence electrons. The summed E-state index contributed by atoms with van der Waals surface area (Å²) in [6.07, 6.45) is 0. The van der Waals surface area contributed by atoms with Gasteiger partial charge in [-0.1, -0.05) is 30.3 Å². The Kier molecular flexibility index (Phi) is 2.83. The van der Waals surface area contributed by atoms with Gasteiger partial charge in [-0.25, -0.2) is 0 Å². The molecule has 0 aliphatic rings. The van der Waals surface area contributed by atoms with Crippen molar-refractivity contribution in [2.24, 2.45) is 0 Å². The van der Waals surface area contributed by atoms with Crippen LogP contribution >= 0.6 is 0 Å². The monoisotopic (exact) mass is 274 g/mol. The van der Waals surface area contributed by atoms with E-state index in [1.807, 2.05) is 30.3 Å². The molecule has 2 aromatic carbocycles. The molecule has 1 N–H and O–H groups in total. The van der Waals surface area contributed by atoms with Gasteiger partial charge >= 0.3 is 5.97 Å². The van der Waals surface area contributed by atoms with Gasteiger partial charge in [-0.2, -0.15) is 0 Å². The molecule has 4 nitrogen and oxygen atoms in total. The topological polar surface area (TPSA) is 67.5 Å². The van der Waals surface area contributed by atoms with E-state index in [0.29, 0.717) is 16.1 Å². The summed E-state index contributed by atoms with van der Waals surface area (Å²) in [6.45, 7) is 0. The lowest BCUT2D eigenvalue weighted by Crippen LogP contribution is -2.09. The zero-order valence-electron chi connectivity index (χ0n) is 9.83. The molecule has 1 atom stereocenters. The van der Waals surface area contributed by atoms with Gasteiger partial charge in [0.15, 0.2) is 5.58 Å². The van der Waals surface area contributed by atoms with Crippen LogP contribution in [0.25, 0.3) is 21.9 Å². The van der Waals surface area contributed by atoms with Gasteiger partial charge < -0.3 is 9.52 Å². The molecule has 3 rings (SSSR count). The lowest BCUT2D eigenvalue weighted by molar-refractivity contribution is -0.133. The smallest absolute Gasteiger partial charge is 0.316 e. The highest BCUT2D eigenvalue weighted by Crippen LogP contribution is 2.32. The van der Waals surface area contributed by atoms with Gasteiger partial charge in [0.1, 0.15) is 11.3 Å². The van der Waals surface area contributed by atoms with E-state index in [9.17, 15) is 9.00 Å². The summed E-state index contributed by atoms with van der Waals surface area (Å²) in [4.78, 5) is 11.1. The Hall–Kier alpha value is -2.14. The number of rotatable bonds is 3. The highest BCUT2D eigenvalue weighted by atomic mass is 32.2. The van der Waals surface area contributed by atoms with Crippen molar-refractivity contribution in [3.05, 3.63) is 42.5 Å². The number of hydrogen-bond acceptors (Lipinski definition) is 3. The quantitative estimate of drug-likeness (QED) is 0.797. The minimum atomic E-state index is -1.61. The van der Waals surface area contributed by atoms with Crippen LogP contribution in [0.4, 0.5) is 0 Å². The first-order chi connectivity index (χ1) is 9.16. The maximum absolute atomic E-state index is 12.0. The number of hydrogen-bond donors (Lipinski definition) is 1. The Morgan fingerprint density at radius 1 is 1.11 bits per heavy atom. The Labute approximate surface area is 111 Å². The second kappa shape index (κ2) is 4.51.